The van der Waals surface area contributed by atoms with Crippen molar-refractivity contribution in [2.75, 3.05) is 33.4 Å². The molecule has 1 unspecified atom stereocenters. The van der Waals surface area contributed by atoms with Crippen LogP contribution in [-0.2, 0) is 23.1 Å². The molecule has 6 heteroatoms. The molecule has 2 heterocycles. The lowest BCUT2D eigenvalue weighted by molar-refractivity contribution is 0.0420. The highest BCUT2D eigenvalue weighted by Crippen LogP contribution is 2.07. The molecule has 0 radical (unpaired) electrons. The highest BCUT2D eigenvalue weighted by Gasteiger charge is 2.15. The smallest absolute Gasteiger partial charge is 0.191 e. The number of aryl methyl sites for hydroxylation is 1. The second-order valence-corrected chi connectivity index (χ2v) is 5.25. The van der Waals surface area contributed by atoms with Crippen LogP contribution in [-0.4, -0.2) is 50.0 Å². The summed E-state index contributed by atoms with van der Waals surface area (Å²) in [6.45, 7) is 3.96. The van der Waals surface area contributed by atoms with Crippen LogP contribution in [0.15, 0.2) is 23.5 Å². The van der Waals surface area contributed by atoms with Crippen LogP contribution >= 0.6 is 0 Å². The number of nitrogens with one attached hydrogen (secondary N) is 2. The second kappa shape index (κ2) is 8.69. The third-order valence-corrected chi connectivity index (χ3v) is 3.43. The summed E-state index contributed by atoms with van der Waals surface area (Å²) in [5, 5.41) is 6.59. The maximum absolute atomic E-state index is 5.72. The zero-order chi connectivity index (χ0) is 14.9. The average molecular weight is 294 g/mol. The maximum atomic E-state index is 5.72. The van der Waals surface area contributed by atoms with Crippen molar-refractivity contribution in [1.29, 1.82) is 0 Å². The zero-order valence-corrected chi connectivity index (χ0v) is 13.0. The van der Waals surface area contributed by atoms with Crippen LogP contribution in [0.1, 0.15) is 18.4 Å². The Labute approximate surface area is 126 Å². The molecule has 21 heavy (non-hydrogen) atoms. The van der Waals surface area contributed by atoms with Gasteiger partial charge in [-0.25, -0.2) is 0 Å². The molecule has 1 aliphatic heterocycles. The Morgan fingerprint density at radius 1 is 1.52 bits per heavy atom. The Kier molecular flexibility index (Phi) is 6.56. The molecule has 0 aliphatic carbocycles. The van der Waals surface area contributed by atoms with Crippen LogP contribution in [0.3, 0.4) is 0 Å². The number of hydrogen-bond donors (Lipinski definition) is 2. The molecular formula is C15H26N4O2. The Bertz CT molecular complexity index is 439. The van der Waals surface area contributed by atoms with Crippen molar-refractivity contribution < 1.29 is 9.47 Å². The van der Waals surface area contributed by atoms with E-state index in [0.717, 1.165) is 51.7 Å². The minimum absolute atomic E-state index is 0.292. The number of aromatic nitrogens is 1. The van der Waals surface area contributed by atoms with Gasteiger partial charge in [-0.1, -0.05) is 0 Å². The van der Waals surface area contributed by atoms with Crippen molar-refractivity contribution in [2.45, 2.75) is 25.5 Å². The molecule has 1 saturated heterocycles. The van der Waals surface area contributed by atoms with Crippen molar-refractivity contribution in [3.8, 4) is 0 Å². The maximum Gasteiger partial charge on any atom is 0.191 e. The first-order chi connectivity index (χ1) is 10.3. The van der Waals surface area contributed by atoms with Crippen molar-refractivity contribution in [1.82, 2.24) is 15.2 Å². The van der Waals surface area contributed by atoms with E-state index in [1.807, 2.05) is 17.8 Å². The van der Waals surface area contributed by atoms with Gasteiger partial charge in [0.05, 0.1) is 12.7 Å². The van der Waals surface area contributed by atoms with E-state index in [-0.39, 0.29) is 0 Å². The number of rotatable bonds is 7. The predicted molar refractivity (Wildman–Crippen MR) is 83.4 cm³/mol. The lowest BCUT2D eigenvalue weighted by Gasteiger charge is -2.12. The summed E-state index contributed by atoms with van der Waals surface area (Å²) < 4.78 is 13.0. The topological polar surface area (TPSA) is 59.8 Å². The van der Waals surface area contributed by atoms with Crippen molar-refractivity contribution >= 4 is 5.96 Å². The van der Waals surface area contributed by atoms with Crippen LogP contribution < -0.4 is 10.6 Å². The molecule has 2 rings (SSSR count). The summed E-state index contributed by atoms with van der Waals surface area (Å²) in [7, 11) is 3.80. The average Bonchev–Trinajstić information content (AvgIpc) is 3.13. The van der Waals surface area contributed by atoms with Gasteiger partial charge in [-0.15, -0.1) is 0 Å². The lowest BCUT2D eigenvalue weighted by atomic mass is 10.3. The molecule has 0 aromatic carbocycles. The molecule has 0 amide bonds. The van der Waals surface area contributed by atoms with Crippen molar-refractivity contribution in [2.24, 2.45) is 12.0 Å². The molecule has 2 N–H and O–H groups in total. The molecule has 6 nitrogen and oxygen atoms in total. The van der Waals surface area contributed by atoms with Gasteiger partial charge < -0.3 is 24.7 Å². The van der Waals surface area contributed by atoms with Crippen LogP contribution in [0.2, 0.25) is 0 Å². The number of guanidine groups is 1. The van der Waals surface area contributed by atoms with Gasteiger partial charge >= 0.3 is 0 Å². The Morgan fingerprint density at radius 3 is 3.10 bits per heavy atom. The van der Waals surface area contributed by atoms with E-state index in [4.69, 9.17) is 9.47 Å². The molecule has 1 aliphatic rings. The molecule has 118 valence electrons. The third kappa shape index (κ3) is 5.77. The molecule has 0 spiro atoms. The minimum atomic E-state index is 0.292. The summed E-state index contributed by atoms with van der Waals surface area (Å²) in [5.41, 5.74) is 1.24. The van der Waals surface area contributed by atoms with Gasteiger partial charge in [-0.3, -0.25) is 4.99 Å². The van der Waals surface area contributed by atoms with Gasteiger partial charge in [0.15, 0.2) is 5.96 Å². The fourth-order valence-electron chi connectivity index (χ4n) is 2.25. The highest BCUT2D eigenvalue weighted by molar-refractivity contribution is 5.79. The van der Waals surface area contributed by atoms with Crippen LogP contribution in [0.4, 0.5) is 0 Å². The molecule has 1 fully saturated rings. The first kappa shape index (κ1) is 15.9. The first-order valence-electron chi connectivity index (χ1n) is 7.52. The molecule has 1 aromatic rings. The van der Waals surface area contributed by atoms with Crippen LogP contribution in [0.5, 0.6) is 0 Å². The molecule has 1 atom stereocenters. The first-order valence-corrected chi connectivity index (χ1v) is 7.52. The summed E-state index contributed by atoms with van der Waals surface area (Å²) in [4.78, 5) is 4.21. The Morgan fingerprint density at radius 2 is 2.43 bits per heavy atom. The largest absolute Gasteiger partial charge is 0.379 e. The third-order valence-electron chi connectivity index (χ3n) is 3.43. The van der Waals surface area contributed by atoms with Crippen molar-refractivity contribution in [3.63, 3.8) is 0 Å². The summed E-state index contributed by atoms with van der Waals surface area (Å²) >= 11 is 0. The number of nitrogens with zero attached hydrogens (tertiary/aromatic N) is 2. The number of hydrogen-bond acceptors (Lipinski definition) is 3. The van der Waals surface area contributed by atoms with E-state index in [9.17, 15) is 0 Å². The van der Waals surface area contributed by atoms with Crippen LogP contribution in [0.25, 0.3) is 0 Å². The van der Waals surface area contributed by atoms with Gasteiger partial charge in [0.2, 0.25) is 0 Å². The van der Waals surface area contributed by atoms with Crippen LogP contribution in [0, 0.1) is 0 Å². The predicted octanol–water partition coefficient (Wildman–Crippen LogP) is 0.886. The second-order valence-electron chi connectivity index (χ2n) is 5.25. The van der Waals surface area contributed by atoms with E-state index < -0.39 is 0 Å². The van der Waals surface area contributed by atoms with E-state index in [0.29, 0.717) is 6.10 Å². The van der Waals surface area contributed by atoms with Gasteiger partial charge in [0.25, 0.3) is 0 Å². The Hall–Kier alpha value is -1.53. The SMILES string of the molecule is CN=C(NCCCOC1CCOC1)NCc1ccn(C)c1. The number of aliphatic imine (C=N–C) groups is 1. The minimum Gasteiger partial charge on any atom is -0.379 e. The number of ether oxygens (including phenoxy) is 2. The lowest BCUT2D eigenvalue weighted by Crippen LogP contribution is -2.37. The Balaban J connectivity index is 1.55. The van der Waals surface area contributed by atoms with Gasteiger partial charge in [0.1, 0.15) is 0 Å². The fraction of sp³-hybridized carbons (Fsp3) is 0.667. The molecular weight excluding hydrogens is 268 g/mol. The summed E-state index contributed by atoms with van der Waals surface area (Å²) in [5.74, 6) is 0.822. The fourth-order valence-corrected chi connectivity index (χ4v) is 2.25. The summed E-state index contributed by atoms with van der Waals surface area (Å²) in [6, 6.07) is 2.10. The van der Waals surface area contributed by atoms with E-state index in [1.54, 1.807) is 7.05 Å². The quantitative estimate of drug-likeness (QED) is 0.445. The van der Waals surface area contributed by atoms with Gasteiger partial charge in [-0.05, 0) is 24.5 Å². The molecule has 0 bridgehead atoms. The van der Waals surface area contributed by atoms with E-state index in [2.05, 4.69) is 27.9 Å². The monoisotopic (exact) mass is 294 g/mol. The zero-order valence-electron chi connectivity index (χ0n) is 13.0. The normalized spacial score (nSPS) is 19.0. The van der Waals surface area contributed by atoms with Gasteiger partial charge in [-0.2, -0.15) is 0 Å². The van der Waals surface area contributed by atoms with Gasteiger partial charge in [0, 0.05) is 52.8 Å². The van der Waals surface area contributed by atoms with Crippen molar-refractivity contribution in [3.05, 3.63) is 24.0 Å². The highest BCUT2D eigenvalue weighted by atomic mass is 16.5. The van der Waals surface area contributed by atoms with E-state index in [1.165, 1.54) is 5.56 Å². The summed E-state index contributed by atoms with van der Waals surface area (Å²) in [6.07, 6.45) is 6.41. The van der Waals surface area contributed by atoms with E-state index >= 15 is 0 Å². The standard InChI is InChI=1S/C15H26N4O2/c1-16-15(18-10-13-4-7-19(2)11-13)17-6-3-8-21-14-5-9-20-12-14/h4,7,11,14H,3,5-6,8-10,12H2,1-2H3,(H2,16,17,18). The molecule has 0 saturated carbocycles. The molecule has 1 aromatic heterocycles.